The topological polar surface area (TPSA) is 186 Å². The molecular weight excluding hydrogens is 284 g/mol. The first-order valence-electron chi connectivity index (χ1n) is 6.09. The summed E-state index contributed by atoms with van der Waals surface area (Å²) in [7, 11) is 0. The molecule has 0 saturated carbocycles. The van der Waals surface area contributed by atoms with Crippen molar-refractivity contribution in [1.82, 2.24) is 19.5 Å². The van der Waals surface area contributed by atoms with Crippen LogP contribution in [0.3, 0.4) is 0 Å². The predicted octanol–water partition coefficient (Wildman–Crippen LogP) is -3.10. The van der Waals surface area contributed by atoms with E-state index >= 15 is 0 Å². The monoisotopic (exact) mass is 298 g/mol. The predicted molar refractivity (Wildman–Crippen MR) is 70.0 cm³/mol. The highest BCUT2D eigenvalue weighted by Gasteiger charge is 2.44. The molecule has 1 aliphatic heterocycles. The Morgan fingerprint density at radius 3 is 2.62 bits per heavy atom. The van der Waals surface area contributed by atoms with Gasteiger partial charge in [-0.25, -0.2) is 9.78 Å². The average Bonchev–Trinajstić information content (AvgIpc) is 2.89. The van der Waals surface area contributed by atoms with Crippen molar-refractivity contribution in [3.63, 3.8) is 0 Å². The molecule has 2 aromatic rings. The maximum atomic E-state index is 11.4. The van der Waals surface area contributed by atoms with Gasteiger partial charge in [0, 0.05) is 0 Å². The summed E-state index contributed by atoms with van der Waals surface area (Å²) in [5.74, 6) is -0.125. The van der Waals surface area contributed by atoms with Gasteiger partial charge in [0.1, 0.15) is 24.1 Å². The molecule has 0 amide bonds. The first kappa shape index (κ1) is 13.8. The zero-order chi connectivity index (χ0) is 15.3. The third-order valence-corrected chi connectivity index (χ3v) is 3.39. The molecule has 21 heavy (non-hydrogen) atoms. The number of aliphatic hydroxyl groups is 3. The molecule has 4 atom stereocenters. The summed E-state index contributed by atoms with van der Waals surface area (Å²) in [6.45, 7) is -0.489. The Kier molecular flexibility index (Phi) is 3.06. The van der Waals surface area contributed by atoms with E-state index in [4.69, 9.17) is 21.3 Å². The van der Waals surface area contributed by atoms with E-state index in [9.17, 15) is 15.0 Å². The molecule has 0 bridgehead atoms. The lowest BCUT2D eigenvalue weighted by molar-refractivity contribution is -0.0500. The molecule has 0 radical (unpaired) electrons. The van der Waals surface area contributed by atoms with Crippen LogP contribution in [0.4, 0.5) is 11.8 Å². The third kappa shape index (κ3) is 1.94. The molecule has 0 aromatic carbocycles. The summed E-state index contributed by atoms with van der Waals surface area (Å²) >= 11 is 0. The number of anilines is 2. The first-order valence-corrected chi connectivity index (χ1v) is 6.09. The van der Waals surface area contributed by atoms with E-state index in [1.54, 1.807) is 0 Å². The molecule has 11 heteroatoms. The quantitative estimate of drug-likeness (QED) is 0.334. The smallest absolute Gasteiger partial charge is 0.348 e. The van der Waals surface area contributed by atoms with Crippen LogP contribution in [-0.2, 0) is 4.74 Å². The molecule has 1 fully saturated rings. The summed E-state index contributed by atoms with van der Waals surface area (Å²) in [5.41, 5.74) is 10.8. The number of rotatable bonds is 2. The Bertz CT molecular complexity index is 741. The molecule has 3 rings (SSSR count). The number of nitrogens with one attached hydrogen (secondary N) is 1. The van der Waals surface area contributed by atoms with E-state index in [0.717, 1.165) is 4.57 Å². The van der Waals surface area contributed by atoms with E-state index in [1.807, 2.05) is 0 Å². The van der Waals surface area contributed by atoms with Crippen molar-refractivity contribution < 1.29 is 20.1 Å². The molecule has 3 heterocycles. The van der Waals surface area contributed by atoms with Gasteiger partial charge in [0.15, 0.2) is 17.4 Å². The van der Waals surface area contributed by atoms with Crippen molar-refractivity contribution in [2.75, 3.05) is 18.1 Å². The number of fused-ring (bicyclic) bond motifs is 1. The van der Waals surface area contributed by atoms with Crippen LogP contribution in [-0.4, -0.2) is 59.8 Å². The number of aromatic nitrogens is 4. The lowest BCUT2D eigenvalue weighted by atomic mass is 10.1. The fourth-order valence-corrected chi connectivity index (χ4v) is 2.37. The van der Waals surface area contributed by atoms with Crippen molar-refractivity contribution in [3.05, 3.63) is 10.5 Å². The molecule has 1 saturated heterocycles. The molecular formula is C10H14N6O5. The van der Waals surface area contributed by atoms with E-state index in [-0.39, 0.29) is 22.9 Å². The highest BCUT2D eigenvalue weighted by Crippen LogP contribution is 2.33. The van der Waals surface area contributed by atoms with Crippen LogP contribution in [0.5, 0.6) is 0 Å². The van der Waals surface area contributed by atoms with Crippen LogP contribution in [0.15, 0.2) is 4.79 Å². The second-order valence-corrected chi connectivity index (χ2v) is 4.70. The molecule has 0 unspecified atom stereocenters. The maximum Gasteiger partial charge on any atom is 0.348 e. The second kappa shape index (κ2) is 4.66. The zero-order valence-corrected chi connectivity index (χ0v) is 10.7. The number of hydrogen-bond donors (Lipinski definition) is 6. The highest BCUT2D eigenvalue weighted by molar-refractivity contribution is 5.83. The van der Waals surface area contributed by atoms with Gasteiger partial charge in [0.25, 0.3) is 0 Å². The van der Waals surface area contributed by atoms with Crippen molar-refractivity contribution >= 4 is 22.9 Å². The average molecular weight is 298 g/mol. The van der Waals surface area contributed by atoms with Crippen LogP contribution in [0, 0.1) is 0 Å². The normalized spacial score (nSPS) is 29.3. The molecule has 2 aromatic heterocycles. The number of nitrogen functional groups attached to an aromatic ring is 2. The molecule has 0 spiro atoms. The van der Waals surface area contributed by atoms with E-state index in [0.29, 0.717) is 0 Å². The Hall–Kier alpha value is -2.21. The van der Waals surface area contributed by atoms with E-state index in [2.05, 4.69) is 15.0 Å². The molecule has 114 valence electrons. The van der Waals surface area contributed by atoms with E-state index < -0.39 is 36.8 Å². The van der Waals surface area contributed by atoms with E-state index in [1.165, 1.54) is 0 Å². The van der Waals surface area contributed by atoms with Crippen LogP contribution < -0.4 is 17.2 Å². The highest BCUT2D eigenvalue weighted by atomic mass is 16.6. The van der Waals surface area contributed by atoms with Crippen molar-refractivity contribution in [2.24, 2.45) is 0 Å². The number of hydrogen-bond acceptors (Lipinski definition) is 9. The lowest BCUT2D eigenvalue weighted by Gasteiger charge is -2.17. The number of nitrogens with zero attached hydrogens (tertiary/aromatic N) is 3. The molecule has 1 aliphatic rings. The fraction of sp³-hybridized carbons (Fsp3) is 0.500. The van der Waals surface area contributed by atoms with Crippen molar-refractivity contribution in [1.29, 1.82) is 0 Å². The van der Waals surface area contributed by atoms with Crippen LogP contribution >= 0.6 is 0 Å². The Morgan fingerprint density at radius 1 is 1.29 bits per heavy atom. The van der Waals surface area contributed by atoms with Gasteiger partial charge in [0.2, 0.25) is 5.95 Å². The molecule has 8 N–H and O–H groups in total. The van der Waals surface area contributed by atoms with Gasteiger partial charge < -0.3 is 31.5 Å². The number of nitrogens with two attached hydrogens (primary N) is 2. The van der Waals surface area contributed by atoms with Gasteiger partial charge in [-0.2, -0.15) is 4.98 Å². The van der Waals surface area contributed by atoms with Crippen LogP contribution in [0.25, 0.3) is 11.2 Å². The summed E-state index contributed by atoms with van der Waals surface area (Å²) < 4.78 is 6.51. The van der Waals surface area contributed by atoms with Gasteiger partial charge >= 0.3 is 5.69 Å². The Morgan fingerprint density at radius 2 is 2.00 bits per heavy atom. The van der Waals surface area contributed by atoms with Crippen molar-refractivity contribution in [2.45, 2.75) is 24.5 Å². The number of aliphatic hydroxyl groups excluding tert-OH is 3. The summed E-state index contributed by atoms with van der Waals surface area (Å²) in [4.78, 5) is 21.4. The van der Waals surface area contributed by atoms with Crippen molar-refractivity contribution in [3.8, 4) is 0 Å². The molecule has 0 aliphatic carbocycles. The maximum absolute atomic E-state index is 11.4. The summed E-state index contributed by atoms with van der Waals surface area (Å²) in [6.07, 6.45) is -4.81. The number of aromatic amines is 1. The number of imidazole rings is 1. The van der Waals surface area contributed by atoms with Gasteiger partial charge in [-0.05, 0) is 0 Å². The Labute approximate surface area is 116 Å². The first-order chi connectivity index (χ1) is 9.93. The minimum Gasteiger partial charge on any atom is -0.394 e. The fourth-order valence-electron chi connectivity index (χ4n) is 2.37. The SMILES string of the molecule is Nc1[nH]c(=O)nc2c1nc(N)n2[C@@H]1O[C@H](CO)[C@@H](O)[C@H]1O. The minimum absolute atomic E-state index is 0.0172. The van der Waals surface area contributed by atoms with Gasteiger partial charge in [-0.3, -0.25) is 9.55 Å². The van der Waals surface area contributed by atoms with Gasteiger partial charge in [0.05, 0.1) is 6.61 Å². The largest absolute Gasteiger partial charge is 0.394 e. The number of ether oxygens (including phenoxy) is 1. The summed E-state index contributed by atoms with van der Waals surface area (Å²) in [5, 5.41) is 28.9. The van der Waals surface area contributed by atoms with Gasteiger partial charge in [-0.1, -0.05) is 0 Å². The Balaban J connectivity index is 2.17. The zero-order valence-electron chi connectivity index (χ0n) is 10.7. The third-order valence-electron chi connectivity index (χ3n) is 3.39. The summed E-state index contributed by atoms with van der Waals surface area (Å²) in [6, 6.07) is 0. The number of H-pyrrole nitrogens is 1. The molecule has 11 nitrogen and oxygen atoms in total. The minimum atomic E-state index is -1.37. The van der Waals surface area contributed by atoms with Crippen LogP contribution in [0.2, 0.25) is 0 Å². The van der Waals surface area contributed by atoms with Gasteiger partial charge in [-0.15, -0.1) is 0 Å². The second-order valence-electron chi connectivity index (χ2n) is 4.70. The standard InChI is InChI=1S/C10H14N6O5/c11-6-3-7(15-10(20)14-6)16(9(12)13-3)8-5(19)4(18)2(1-17)21-8/h2,4-5,8,17-19H,1H2,(H2,12,13)(H3,11,14,15,20)/t2-,4-,5-,8-/m1/s1. The van der Waals surface area contributed by atoms with Crippen LogP contribution in [0.1, 0.15) is 6.23 Å². The lowest BCUT2D eigenvalue weighted by Crippen LogP contribution is -2.33.